The minimum absolute atomic E-state index is 0.0159. The quantitative estimate of drug-likeness (QED) is 0.767. The summed E-state index contributed by atoms with van der Waals surface area (Å²) < 4.78 is 6.09. The van der Waals surface area contributed by atoms with Crippen molar-refractivity contribution < 1.29 is 4.74 Å². The van der Waals surface area contributed by atoms with Crippen molar-refractivity contribution in [3.63, 3.8) is 0 Å². The molecule has 1 saturated heterocycles. The van der Waals surface area contributed by atoms with Gasteiger partial charge in [-0.1, -0.05) is 0 Å². The molecular weight excluding hydrogens is 188 g/mol. The van der Waals surface area contributed by atoms with E-state index in [0.717, 1.165) is 19.5 Å². The fourth-order valence-corrected chi connectivity index (χ4v) is 2.66. The molecule has 1 heterocycles. The number of likely N-dealkylation sites (N-methyl/N-ethyl adjacent to an activating group) is 2. The van der Waals surface area contributed by atoms with Crippen LogP contribution in [0.5, 0.6) is 0 Å². The summed E-state index contributed by atoms with van der Waals surface area (Å²) in [7, 11) is 4.18. The molecule has 0 aromatic carbocycles. The maximum absolute atomic E-state index is 6.09. The van der Waals surface area contributed by atoms with Gasteiger partial charge in [0.15, 0.2) is 0 Å². The summed E-state index contributed by atoms with van der Waals surface area (Å²) in [6.07, 6.45) is 1.11. The number of rotatable bonds is 4. The highest BCUT2D eigenvalue weighted by Gasteiger charge is 2.47. The maximum atomic E-state index is 6.09. The van der Waals surface area contributed by atoms with Crippen LogP contribution in [0.15, 0.2) is 0 Å². The molecule has 0 saturated carbocycles. The lowest BCUT2D eigenvalue weighted by atomic mass is 9.93. The molecule has 90 valence electrons. The zero-order chi connectivity index (χ0) is 11.7. The number of nitrogens with zero attached hydrogens (tertiary/aromatic N) is 1. The second-order valence-corrected chi connectivity index (χ2v) is 5.77. The van der Waals surface area contributed by atoms with E-state index in [1.165, 1.54) is 0 Å². The molecule has 1 atom stereocenters. The van der Waals surface area contributed by atoms with Crippen molar-refractivity contribution in [2.45, 2.75) is 51.4 Å². The summed E-state index contributed by atoms with van der Waals surface area (Å²) in [5, 5.41) is 3.19. The Bertz CT molecular complexity index is 214. The first-order valence-corrected chi connectivity index (χ1v) is 5.83. The monoisotopic (exact) mass is 214 g/mol. The molecule has 1 rings (SSSR count). The summed E-state index contributed by atoms with van der Waals surface area (Å²) in [6, 6.07) is 0.515. The third-order valence-corrected chi connectivity index (χ3v) is 3.27. The third kappa shape index (κ3) is 3.16. The molecule has 0 radical (unpaired) electrons. The largest absolute Gasteiger partial charge is 0.368 e. The highest BCUT2D eigenvalue weighted by molar-refractivity contribution is 4.99. The van der Waals surface area contributed by atoms with Crippen molar-refractivity contribution in [2.75, 3.05) is 27.2 Å². The van der Waals surface area contributed by atoms with Gasteiger partial charge in [-0.15, -0.1) is 0 Å². The molecule has 1 unspecified atom stereocenters. The lowest BCUT2D eigenvalue weighted by Gasteiger charge is -2.33. The highest BCUT2D eigenvalue weighted by atomic mass is 16.5. The first-order valence-electron chi connectivity index (χ1n) is 5.83. The van der Waals surface area contributed by atoms with Crippen LogP contribution in [0.4, 0.5) is 0 Å². The van der Waals surface area contributed by atoms with Gasteiger partial charge in [0.05, 0.1) is 11.2 Å². The fourth-order valence-electron chi connectivity index (χ4n) is 2.66. The summed E-state index contributed by atoms with van der Waals surface area (Å²) in [5.41, 5.74) is -0.0198. The average Bonchev–Trinajstić information content (AvgIpc) is 2.30. The molecule has 15 heavy (non-hydrogen) atoms. The Morgan fingerprint density at radius 1 is 1.33 bits per heavy atom. The smallest absolute Gasteiger partial charge is 0.0789 e. The van der Waals surface area contributed by atoms with E-state index < -0.39 is 0 Å². The van der Waals surface area contributed by atoms with Crippen LogP contribution < -0.4 is 5.32 Å². The van der Waals surface area contributed by atoms with Crippen LogP contribution in [0.2, 0.25) is 0 Å². The Morgan fingerprint density at radius 3 is 2.33 bits per heavy atom. The van der Waals surface area contributed by atoms with E-state index in [9.17, 15) is 0 Å². The van der Waals surface area contributed by atoms with Crippen LogP contribution in [-0.4, -0.2) is 49.3 Å². The van der Waals surface area contributed by atoms with Crippen LogP contribution in [-0.2, 0) is 4.74 Å². The Kier molecular flexibility index (Phi) is 3.80. The van der Waals surface area contributed by atoms with Crippen LogP contribution >= 0.6 is 0 Å². The molecule has 1 aliphatic heterocycles. The van der Waals surface area contributed by atoms with Crippen molar-refractivity contribution >= 4 is 0 Å². The molecule has 3 nitrogen and oxygen atoms in total. The fraction of sp³-hybridized carbons (Fsp3) is 1.00. The minimum Gasteiger partial charge on any atom is -0.368 e. The zero-order valence-corrected chi connectivity index (χ0v) is 11.1. The molecule has 0 aliphatic carbocycles. The van der Waals surface area contributed by atoms with Gasteiger partial charge >= 0.3 is 0 Å². The van der Waals surface area contributed by atoms with Crippen molar-refractivity contribution in [2.24, 2.45) is 0 Å². The number of ether oxygens (including phenoxy) is 1. The van der Waals surface area contributed by atoms with E-state index in [4.69, 9.17) is 4.74 Å². The maximum Gasteiger partial charge on any atom is 0.0789 e. The van der Waals surface area contributed by atoms with Crippen molar-refractivity contribution in [3.05, 3.63) is 0 Å². The van der Waals surface area contributed by atoms with Gasteiger partial charge in [-0.25, -0.2) is 0 Å². The second-order valence-electron chi connectivity index (χ2n) is 5.77. The SMILES string of the molecule is CNCCN(C)C1CC(C)(C)OC1(C)C. The summed E-state index contributed by atoms with van der Waals surface area (Å²) in [5.74, 6) is 0. The molecule has 0 aromatic heterocycles. The second kappa shape index (κ2) is 4.40. The van der Waals surface area contributed by atoms with Crippen LogP contribution in [0, 0.1) is 0 Å². The molecule has 0 aromatic rings. The summed E-state index contributed by atoms with van der Waals surface area (Å²) >= 11 is 0. The Morgan fingerprint density at radius 2 is 1.93 bits per heavy atom. The average molecular weight is 214 g/mol. The van der Waals surface area contributed by atoms with E-state index in [2.05, 4.69) is 45.0 Å². The lowest BCUT2D eigenvalue weighted by Crippen LogP contribution is -2.46. The predicted octanol–water partition coefficient (Wildman–Crippen LogP) is 1.48. The lowest BCUT2D eigenvalue weighted by molar-refractivity contribution is -0.0784. The molecule has 1 aliphatic rings. The van der Waals surface area contributed by atoms with Crippen molar-refractivity contribution in [1.82, 2.24) is 10.2 Å². The molecule has 1 N–H and O–H groups in total. The van der Waals surface area contributed by atoms with Crippen molar-refractivity contribution in [3.8, 4) is 0 Å². The van der Waals surface area contributed by atoms with E-state index in [1.807, 2.05) is 7.05 Å². The number of hydrogen-bond acceptors (Lipinski definition) is 3. The van der Waals surface area contributed by atoms with Crippen LogP contribution in [0.3, 0.4) is 0 Å². The van der Waals surface area contributed by atoms with Crippen LogP contribution in [0.1, 0.15) is 34.1 Å². The third-order valence-electron chi connectivity index (χ3n) is 3.27. The minimum atomic E-state index is -0.0357. The van der Waals surface area contributed by atoms with E-state index in [0.29, 0.717) is 6.04 Å². The standard InChI is InChI=1S/C12H26N2O/c1-11(2)9-10(12(3,4)15-11)14(6)8-7-13-5/h10,13H,7-9H2,1-6H3. The molecule has 3 heteroatoms. The Hall–Kier alpha value is -0.120. The Labute approximate surface area is 94.2 Å². The molecular formula is C12H26N2O. The van der Waals surface area contributed by atoms with Gasteiger partial charge in [-0.3, -0.25) is 4.90 Å². The van der Waals surface area contributed by atoms with E-state index in [1.54, 1.807) is 0 Å². The number of hydrogen-bond donors (Lipinski definition) is 1. The predicted molar refractivity (Wildman–Crippen MR) is 64.2 cm³/mol. The Balaban J connectivity index is 2.61. The molecule has 0 spiro atoms. The molecule has 1 fully saturated rings. The van der Waals surface area contributed by atoms with E-state index >= 15 is 0 Å². The summed E-state index contributed by atoms with van der Waals surface area (Å²) in [4.78, 5) is 2.41. The van der Waals surface area contributed by atoms with Crippen molar-refractivity contribution in [1.29, 1.82) is 0 Å². The first kappa shape index (κ1) is 12.9. The first-order chi connectivity index (χ1) is 6.78. The van der Waals surface area contributed by atoms with Gasteiger partial charge in [0.25, 0.3) is 0 Å². The van der Waals surface area contributed by atoms with Gasteiger partial charge in [0.1, 0.15) is 0 Å². The zero-order valence-electron chi connectivity index (χ0n) is 11.1. The van der Waals surface area contributed by atoms with Gasteiger partial charge in [0, 0.05) is 19.1 Å². The van der Waals surface area contributed by atoms with Gasteiger partial charge in [0.2, 0.25) is 0 Å². The van der Waals surface area contributed by atoms with Gasteiger partial charge in [-0.05, 0) is 48.2 Å². The summed E-state index contributed by atoms with van der Waals surface area (Å²) in [6.45, 7) is 10.9. The van der Waals surface area contributed by atoms with E-state index in [-0.39, 0.29) is 11.2 Å². The van der Waals surface area contributed by atoms with Crippen LogP contribution in [0.25, 0.3) is 0 Å². The molecule has 0 bridgehead atoms. The number of nitrogens with one attached hydrogen (secondary N) is 1. The normalized spacial score (nSPS) is 28.6. The topological polar surface area (TPSA) is 24.5 Å². The van der Waals surface area contributed by atoms with Gasteiger partial charge in [-0.2, -0.15) is 0 Å². The molecule has 0 amide bonds. The highest BCUT2D eigenvalue weighted by Crippen LogP contribution is 2.39. The van der Waals surface area contributed by atoms with Gasteiger partial charge < -0.3 is 10.1 Å².